The van der Waals surface area contributed by atoms with E-state index in [0.717, 1.165) is 24.8 Å². The molecule has 0 spiro atoms. The van der Waals surface area contributed by atoms with Crippen LogP contribution < -0.4 is 5.63 Å². The van der Waals surface area contributed by atoms with Crippen molar-refractivity contribution in [1.29, 1.82) is 0 Å². The molecule has 4 aliphatic rings. The van der Waals surface area contributed by atoms with Gasteiger partial charge in [0.1, 0.15) is 6.10 Å². The van der Waals surface area contributed by atoms with Gasteiger partial charge in [-0.3, -0.25) is 4.79 Å². The van der Waals surface area contributed by atoms with Crippen LogP contribution in [-0.4, -0.2) is 38.9 Å². The topological polar surface area (TPSA) is 108 Å². The summed E-state index contributed by atoms with van der Waals surface area (Å²) in [6, 6.07) is 3.03. The Labute approximate surface area is 176 Å². The van der Waals surface area contributed by atoms with Crippen LogP contribution in [0.3, 0.4) is 0 Å². The van der Waals surface area contributed by atoms with Gasteiger partial charge in [0.05, 0.1) is 23.4 Å². The van der Waals surface area contributed by atoms with Crippen molar-refractivity contribution < 1.29 is 24.5 Å². The maximum atomic E-state index is 13.8. The maximum absolute atomic E-state index is 13.8. The highest BCUT2D eigenvalue weighted by molar-refractivity contribution is 5.93. The number of aliphatic hydroxyl groups excluding tert-OH is 2. The summed E-state index contributed by atoms with van der Waals surface area (Å²) in [5.74, 6) is -0.769. The highest BCUT2D eigenvalue weighted by Crippen LogP contribution is 2.69. The maximum Gasteiger partial charge on any atom is 0.335 e. The van der Waals surface area contributed by atoms with E-state index in [0.29, 0.717) is 25.7 Å². The number of fused-ring (bicyclic) bond motifs is 5. The molecule has 6 heteroatoms. The van der Waals surface area contributed by atoms with Gasteiger partial charge in [0.15, 0.2) is 5.78 Å². The third-order valence-corrected chi connectivity index (χ3v) is 9.80. The van der Waals surface area contributed by atoms with Crippen LogP contribution in [0.4, 0.5) is 0 Å². The van der Waals surface area contributed by atoms with Gasteiger partial charge in [-0.2, -0.15) is 0 Å². The lowest BCUT2D eigenvalue weighted by Crippen LogP contribution is -2.70. The molecule has 4 fully saturated rings. The van der Waals surface area contributed by atoms with Gasteiger partial charge in [0, 0.05) is 17.9 Å². The molecule has 30 heavy (non-hydrogen) atoms. The van der Waals surface area contributed by atoms with Gasteiger partial charge >= 0.3 is 5.63 Å². The molecule has 0 radical (unpaired) electrons. The fraction of sp³-hybridized carbons (Fsp3) is 0.750. The lowest BCUT2D eigenvalue weighted by molar-refractivity contribution is -0.228. The van der Waals surface area contributed by atoms with E-state index in [-0.39, 0.29) is 41.0 Å². The van der Waals surface area contributed by atoms with Gasteiger partial charge in [0.2, 0.25) is 0 Å². The summed E-state index contributed by atoms with van der Waals surface area (Å²) < 4.78 is 5.06. The fourth-order valence-corrected chi connectivity index (χ4v) is 8.13. The monoisotopic (exact) mass is 416 g/mol. The lowest BCUT2D eigenvalue weighted by atomic mass is 9.42. The van der Waals surface area contributed by atoms with E-state index in [1.807, 2.05) is 0 Å². The Kier molecular flexibility index (Phi) is 4.42. The first kappa shape index (κ1) is 20.4. The Bertz CT molecular complexity index is 904. The smallest absolute Gasteiger partial charge is 0.335 e. The molecule has 0 saturated heterocycles. The molecular weight excluding hydrogens is 384 g/mol. The number of carbonyl (C=O) groups is 1. The predicted octanol–water partition coefficient (Wildman–Crippen LogP) is 2.39. The van der Waals surface area contributed by atoms with E-state index in [4.69, 9.17) is 4.42 Å². The van der Waals surface area contributed by atoms with Crippen molar-refractivity contribution in [3.8, 4) is 0 Å². The molecule has 0 bridgehead atoms. The van der Waals surface area contributed by atoms with Crippen LogP contribution in [0.2, 0.25) is 0 Å². The second kappa shape index (κ2) is 6.50. The van der Waals surface area contributed by atoms with Gasteiger partial charge in [-0.25, -0.2) is 4.79 Å². The Morgan fingerprint density at radius 3 is 2.50 bits per heavy atom. The first-order valence-electron chi connectivity index (χ1n) is 11.3. The van der Waals surface area contributed by atoms with Crippen molar-refractivity contribution in [2.45, 2.75) is 82.5 Å². The summed E-state index contributed by atoms with van der Waals surface area (Å²) in [6.07, 6.45) is 4.88. The highest BCUT2D eigenvalue weighted by atomic mass is 16.4. The van der Waals surface area contributed by atoms with E-state index in [1.54, 1.807) is 13.0 Å². The van der Waals surface area contributed by atoms with Crippen molar-refractivity contribution in [1.82, 2.24) is 0 Å². The summed E-state index contributed by atoms with van der Waals surface area (Å²) in [4.78, 5) is 25.2. The van der Waals surface area contributed by atoms with Crippen molar-refractivity contribution >= 4 is 5.78 Å². The van der Waals surface area contributed by atoms with Gasteiger partial charge in [0.25, 0.3) is 0 Å². The van der Waals surface area contributed by atoms with Crippen LogP contribution in [0.15, 0.2) is 27.6 Å². The second-order valence-electron chi connectivity index (χ2n) is 10.8. The summed E-state index contributed by atoms with van der Waals surface area (Å²) in [5, 5.41) is 33.7. The Morgan fingerprint density at radius 1 is 1.03 bits per heavy atom. The number of carbonyl (C=O) groups excluding carboxylic acids is 1. The Balaban J connectivity index is 1.58. The molecule has 0 unspecified atom stereocenters. The predicted molar refractivity (Wildman–Crippen MR) is 109 cm³/mol. The molecule has 3 N–H and O–H groups in total. The van der Waals surface area contributed by atoms with Crippen LogP contribution >= 0.6 is 0 Å². The molecule has 5 rings (SSSR count). The summed E-state index contributed by atoms with van der Waals surface area (Å²) in [7, 11) is 0. The third-order valence-electron chi connectivity index (χ3n) is 9.80. The second-order valence-corrected chi connectivity index (χ2v) is 10.8. The molecule has 164 valence electrons. The van der Waals surface area contributed by atoms with Crippen molar-refractivity contribution in [3.63, 3.8) is 0 Å². The van der Waals surface area contributed by atoms with Gasteiger partial charge in [-0.1, -0.05) is 6.92 Å². The van der Waals surface area contributed by atoms with Crippen LogP contribution in [-0.2, 0) is 4.79 Å². The molecule has 1 heterocycles. The number of Topliss-reactive ketones (excluding diaryl/α,β-unsaturated/α-hetero) is 1. The number of ketones is 1. The summed E-state index contributed by atoms with van der Waals surface area (Å²) in [5.41, 5.74) is -2.29. The van der Waals surface area contributed by atoms with Crippen molar-refractivity contribution in [2.75, 3.05) is 0 Å². The standard InChI is InChI=1S/C24H32O6/c1-22-9-7-15(25)11-14(22)4-5-17-19(22)20(27)21(28)23(2)16(8-10-24(17,23)29)13-3-6-18(26)30-12-13/h3,6,12,14-17,19-20,25,27,29H,4-5,7-11H2,1-2H3/t14-,15+,16+,17+,19-,20+,22+,23-,24+/m1/s1. The Morgan fingerprint density at radius 2 is 1.80 bits per heavy atom. The number of rotatable bonds is 1. The summed E-state index contributed by atoms with van der Waals surface area (Å²) >= 11 is 0. The van der Waals surface area contributed by atoms with Crippen LogP contribution in [0, 0.1) is 28.6 Å². The molecule has 9 atom stereocenters. The third kappa shape index (κ3) is 2.41. The molecule has 4 aliphatic carbocycles. The van der Waals surface area contributed by atoms with E-state index >= 15 is 0 Å². The minimum atomic E-state index is -1.20. The van der Waals surface area contributed by atoms with E-state index in [2.05, 4.69) is 6.92 Å². The average Bonchev–Trinajstić information content (AvgIpc) is 3.00. The molecule has 1 aromatic heterocycles. The Hall–Kier alpha value is -1.50. The SMILES string of the molecule is C[C@]12CC[C@H](O)C[C@H]1CC[C@H]1[C@@H]2[C@H](O)C(=O)[C@@]2(C)[C@H](c3ccc(=O)oc3)CC[C@]12O. The van der Waals surface area contributed by atoms with Gasteiger partial charge in [-0.15, -0.1) is 0 Å². The van der Waals surface area contributed by atoms with E-state index in [1.165, 1.54) is 12.3 Å². The minimum Gasteiger partial charge on any atom is -0.431 e. The molecule has 0 aromatic carbocycles. The van der Waals surface area contributed by atoms with E-state index in [9.17, 15) is 24.9 Å². The van der Waals surface area contributed by atoms with Crippen molar-refractivity contribution in [2.24, 2.45) is 28.6 Å². The zero-order chi connectivity index (χ0) is 21.5. The van der Waals surface area contributed by atoms with Crippen LogP contribution in [0.5, 0.6) is 0 Å². The first-order chi connectivity index (χ1) is 14.1. The zero-order valence-electron chi connectivity index (χ0n) is 17.7. The highest BCUT2D eigenvalue weighted by Gasteiger charge is 2.73. The number of aliphatic hydroxyl groups is 3. The lowest BCUT2D eigenvalue weighted by Gasteiger charge is -2.64. The molecule has 0 amide bonds. The quantitative estimate of drug-likeness (QED) is 0.649. The zero-order valence-corrected chi connectivity index (χ0v) is 17.7. The molecule has 4 saturated carbocycles. The number of hydrogen-bond acceptors (Lipinski definition) is 6. The van der Waals surface area contributed by atoms with Crippen molar-refractivity contribution in [3.05, 3.63) is 34.4 Å². The van der Waals surface area contributed by atoms with Gasteiger partial charge in [-0.05, 0) is 80.8 Å². The first-order valence-corrected chi connectivity index (χ1v) is 11.3. The molecular formula is C24H32O6. The molecule has 0 aliphatic heterocycles. The average molecular weight is 417 g/mol. The molecule has 6 nitrogen and oxygen atoms in total. The minimum absolute atomic E-state index is 0.160. The fourth-order valence-electron chi connectivity index (χ4n) is 8.13. The normalized spacial score (nSPS) is 50.5. The van der Waals surface area contributed by atoms with Crippen LogP contribution in [0.25, 0.3) is 0 Å². The van der Waals surface area contributed by atoms with Crippen LogP contribution in [0.1, 0.15) is 70.3 Å². The summed E-state index contributed by atoms with van der Waals surface area (Å²) in [6.45, 7) is 3.96. The van der Waals surface area contributed by atoms with Gasteiger partial charge < -0.3 is 19.7 Å². The molecule has 1 aromatic rings. The number of hydrogen-bond donors (Lipinski definition) is 3. The largest absolute Gasteiger partial charge is 0.431 e. The van der Waals surface area contributed by atoms with E-state index < -0.39 is 22.7 Å².